The molecule has 3 aromatic carbocycles. The van der Waals surface area contributed by atoms with Gasteiger partial charge in [-0.15, -0.1) is 0 Å². The zero-order valence-electron chi connectivity index (χ0n) is 17.1. The number of benzene rings is 3. The molecular formula is C26H23N3O2. The van der Waals surface area contributed by atoms with Crippen molar-refractivity contribution < 1.29 is 9.53 Å². The van der Waals surface area contributed by atoms with Crippen LogP contribution in [0.1, 0.15) is 23.2 Å². The Bertz CT molecular complexity index is 1160. The number of H-pyrrole nitrogens is 1. The number of nitrogens with one attached hydrogen (secondary N) is 1. The average Bonchev–Trinajstić information content (AvgIpc) is 3.53. The van der Waals surface area contributed by atoms with Crippen molar-refractivity contribution in [1.82, 2.24) is 15.1 Å². The van der Waals surface area contributed by atoms with Gasteiger partial charge in [-0.1, -0.05) is 42.5 Å². The van der Waals surface area contributed by atoms with Crippen LogP contribution in [0, 0.1) is 0 Å². The van der Waals surface area contributed by atoms with Crippen LogP contribution < -0.4 is 4.74 Å². The van der Waals surface area contributed by atoms with Gasteiger partial charge in [0.15, 0.2) is 0 Å². The van der Waals surface area contributed by atoms with E-state index < -0.39 is 0 Å². The molecule has 5 nitrogen and oxygen atoms in total. The average molecular weight is 409 g/mol. The minimum atomic E-state index is 0.114. The van der Waals surface area contributed by atoms with E-state index in [9.17, 15) is 4.79 Å². The number of likely N-dealkylation sites (tertiary alicyclic amines) is 1. The Labute approximate surface area is 181 Å². The SMILES string of the molecule is O=C(c1ccc(-c2[nH]ncc2-c2ccc(Oc3ccccc3)cc2)cc1)N1CCCC1. The van der Waals surface area contributed by atoms with Gasteiger partial charge >= 0.3 is 0 Å². The summed E-state index contributed by atoms with van der Waals surface area (Å²) in [5, 5.41) is 7.36. The third kappa shape index (κ3) is 4.08. The summed E-state index contributed by atoms with van der Waals surface area (Å²) in [7, 11) is 0. The topological polar surface area (TPSA) is 58.2 Å². The van der Waals surface area contributed by atoms with Crippen LogP contribution >= 0.6 is 0 Å². The van der Waals surface area contributed by atoms with E-state index in [1.54, 1.807) is 0 Å². The van der Waals surface area contributed by atoms with Crippen LogP contribution in [-0.2, 0) is 0 Å². The van der Waals surface area contributed by atoms with E-state index in [1.165, 1.54) is 0 Å². The highest BCUT2D eigenvalue weighted by molar-refractivity contribution is 5.95. The number of carbonyl (C=O) groups is 1. The third-order valence-corrected chi connectivity index (χ3v) is 5.60. The molecule has 31 heavy (non-hydrogen) atoms. The lowest BCUT2D eigenvalue weighted by Gasteiger charge is -2.15. The molecule has 154 valence electrons. The van der Waals surface area contributed by atoms with E-state index in [0.29, 0.717) is 0 Å². The maximum atomic E-state index is 12.6. The number of hydrogen-bond acceptors (Lipinski definition) is 3. The molecule has 0 saturated carbocycles. The molecule has 0 bridgehead atoms. The van der Waals surface area contributed by atoms with Gasteiger partial charge in [0, 0.05) is 29.8 Å². The summed E-state index contributed by atoms with van der Waals surface area (Å²) in [6.07, 6.45) is 4.01. The molecule has 4 aromatic rings. The molecule has 2 heterocycles. The Morgan fingerprint density at radius 2 is 1.45 bits per heavy atom. The van der Waals surface area contributed by atoms with Gasteiger partial charge in [-0.25, -0.2) is 0 Å². The maximum absolute atomic E-state index is 12.6. The first-order valence-electron chi connectivity index (χ1n) is 10.5. The van der Waals surface area contributed by atoms with Crippen LogP contribution in [0.4, 0.5) is 0 Å². The molecule has 0 atom stereocenters. The first-order chi connectivity index (χ1) is 15.3. The fraction of sp³-hybridized carbons (Fsp3) is 0.154. The van der Waals surface area contributed by atoms with Gasteiger partial charge in [-0.05, 0) is 54.8 Å². The summed E-state index contributed by atoms with van der Waals surface area (Å²) in [5.41, 5.74) is 4.70. The van der Waals surface area contributed by atoms with Gasteiger partial charge in [0.25, 0.3) is 5.91 Å². The van der Waals surface area contributed by atoms with Crippen molar-refractivity contribution in [2.45, 2.75) is 12.8 Å². The van der Waals surface area contributed by atoms with Crippen molar-refractivity contribution in [1.29, 1.82) is 0 Å². The molecule has 5 heteroatoms. The molecule has 1 saturated heterocycles. The number of nitrogens with zero attached hydrogens (tertiary/aromatic N) is 2. The van der Waals surface area contributed by atoms with Gasteiger partial charge in [-0.2, -0.15) is 5.10 Å². The normalized spacial score (nSPS) is 13.4. The monoisotopic (exact) mass is 409 g/mol. The largest absolute Gasteiger partial charge is 0.457 e. The third-order valence-electron chi connectivity index (χ3n) is 5.60. The number of hydrogen-bond donors (Lipinski definition) is 1. The number of ether oxygens (including phenoxy) is 1. The lowest BCUT2D eigenvalue weighted by atomic mass is 10.0. The summed E-state index contributed by atoms with van der Waals surface area (Å²) in [6, 6.07) is 25.4. The fourth-order valence-corrected chi connectivity index (χ4v) is 3.93. The summed E-state index contributed by atoms with van der Waals surface area (Å²) in [5.74, 6) is 1.70. The standard InChI is InChI=1S/C26H23N3O2/c30-26(29-16-4-5-17-29)21-10-8-20(9-11-21)25-24(18-27-28-25)19-12-14-23(15-13-19)31-22-6-2-1-3-7-22/h1-3,6-15,18H,4-5,16-17H2,(H,27,28). The van der Waals surface area contributed by atoms with E-state index in [-0.39, 0.29) is 5.91 Å². The summed E-state index contributed by atoms with van der Waals surface area (Å²) in [6.45, 7) is 1.71. The molecular weight excluding hydrogens is 386 g/mol. The van der Waals surface area contributed by atoms with E-state index in [0.717, 1.165) is 65.4 Å². The van der Waals surface area contributed by atoms with Crippen molar-refractivity contribution in [3.8, 4) is 33.9 Å². The Hall–Kier alpha value is -3.86. The van der Waals surface area contributed by atoms with Crippen LogP contribution in [-0.4, -0.2) is 34.1 Å². The molecule has 5 rings (SSSR count). The number of para-hydroxylation sites is 1. The van der Waals surface area contributed by atoms with Crippen molar-refractivity contribution in [3.05, 3.63) is 90.6 Å². The number of rotatable bonds is 5. The first kappa shape index (κ1) is 19.1. The summed E-state index contributed by atoms with van der Waals surface area (Å²) in [4.78, 5) is 14.5. The van der Waals surface area contributed by atoms with E-state index in [1.807, 2.05) is 90.0 Å². The van der Waals surface area contributed by atoms with Gasteiger partial charge < -0.3 is 9.64 Å². The summed E-state index contributed by atoms with van der Waals surface area (Å²) < 4.78 is 5.88. The molecule has 1 amide bonds. The second kappa shape index (κ2) is 8.48. The van der Waals surface area contributed by atoms with Crippen molar-refractivity contribution >= 4 is 5.91 Å². The highest BCUT2D eigenvalue weighted by Crippen LogP contribution is 2.32. The molecule has 0 aliphatic carbocycles. The minimum absolute atomic E-state index is 0.114. The number of amides is 1. The van der Waals surface area contributed by atoms with Gasteiger partial charge in [0.1, 0.15) is 11.5 Å². The molecule has 0 unspecified atom stereocenters. The van der Waals surface area contributed by atoms with Crippen molar-refractivity contribution in [2.24, 2.45) is 0 Å². The molecule has 1 N–H and O–H groups in total. The van der Waals surface area contributed by atoms with Gasteiger partial charge in [0.05, 0.1) is 11.9 Å². The highest BCUT2D eigenvalue weighted by Gasteiger charge is 2.19. The summed E-state index contributed by atoms with van der Waals surface area (Å²) >= 11 is 0. The van der Waals surface area contributed by atoms with Gasteiger partial charge in [-0.3, -0.25) is 9.89 Å². The molecule has 0 radical (unpaired) electrons. The van der Waals surface area contributed by atoms with Crippen LogP contribution in [0.25, 0.3) is 22.4 Å². The minimum Gasteiger partial charge on any atom is -0.457 e. The van der Waals surface area contributed by atoms with E-state index in [2.05, 4.69) is 10.2 Å². The smallest absolute Gasteiger partial charge is 0.253 e. The zero-order chi connectivity index (χ0) is 21.0. The molecule has 1 aliphatic rings. The lowest BCUT2D eigenvalue weighted by molar-refractivity contribution is 0.0793. The second-order valence-corrected chi connectivity index (χ2v) is 7.67. The molecule has 1 aliphatic heterocycles. The molecule has 1 aromatic heterocycles. The van der Waals surface area contributed by atoms with E-state index >= 15 is 0 Å². The highest BCUT2D eigenvalue weighted by atomic mass is 16.5. The zero-order valence-corrected chi connectivity index (χ0v) is 17.1. The molecule has 0 spiro atoms. The maximum Gasteiger partial charge on any atom is 0.253 e. The fourth-order valence-electron chi connectivity index (χ4n) is 3.93. The number of carbonyl (C=O) groups excluding carboxylic acids is 1. The molecule has 1 fully saturated rings. The van der Waals surface area contributed by atoms with Gasteiger partial charge in [0.2, 0.25) is 0 Å². The van der Waals surface area contributed by atoms with Crippen LogP contribution in [0.5, 0.6) is 11.5 Å². The predicted molar refractivity (Wildman–Crippen MR) is 121 cm³/mol. The quantitative estimate of drug-likeness (QED) is 0.455. The lowest BCUT2D eigenvalue weighted by Crippen LogP contribution is -2.27. The Balaban J connectivity index is 1.35. The second-order valence-electron chi connectivity index (χ2n) is 7.67. The van der Waals surface area contributed by atoms with E-state index in [4.69, 9.17) is 4.74 Å². The Kier molecular flexibility index (Phi) is 5.23. The van der Waals surface area contributed by atoms with Crippen LogP contribution in [0.3, 0.4) is 0 Å². The Morgan fingerprint density at radius 1 is 0.806 bits per heavy atom. The van der Waals surface area contributed by atoms with Crippen molar-refractivity contribution in [2.75, 3.05) is 13.1 Å². The number of aromatic nitrogens is 2. The Morgan fingerprint density at radius 3 is 2.16 bits per heavy atom. The van der Waals surface area contributed by atoms with Crippen LogP contribution in [0.2, 0.25) is 0 Å². The first-order valence-corrected chi connectivity index (χ1v) is 10.5. The van der Waals surface area contributed by atoms with Crippen LogP contribution in [0.15, 0.2) is 85.1 Å². The predicted octanol–water partition coefficient (Wildman–Crippen LogP) is 5.77. The van der Waals surface area contributed by atoms with Crippen molar-refractivity contribution in [3.63, 3.8) is 0 Å². The number of aromatic amines is 1.